The second-order valence-corrected chi connectivity index (χ2v) is 13.4. The van der Waals surface area contributed by atoms with Gasteiger partial charge in [0.1, 0.15) is 5.60 Å². The molecule has 0 aliphatic carbocycles. The maximum atomic E-state index is 13.3. The Morgan fingerprint density at radius 1 is 1.09 bits per heavy atom. The van der Waals surface area contributed by atoms with Crippen LogP contribution in [0.3, 0.4) is 0 Å². The molecule has 1 amide bonds. The highest BCUT2D eigenvalue weighted by Crippen LogP contribution is 2.33. The van der Waals surface area contributed by atoms with Crippen LogP contribution in [0.2, 0.25) is 0 Å². The molecule has 2 aromatic rings. The smallest absolute Gasteiger partial charge is 0.410 e. The predicted octanol–water partition coefficient (Wildman–Crippen LogP) is 5.04. The molecule has 1 saturated heterocycles. The second-order valence-electron chi connectivity index (χ2n) is 11.4. The van der Waals surface area contributed by atoms with E-state index < -0.39 is 26.9 Å². The topological polar surface area (TPSA) is 84.7 Å². The summed E-state index contributed by atoms with van der Waals surface area (Å²) in [6, 6.07) is 18.3. The lowest BCUT2D eigenvalue weighted by Crippen LogP contribution is -2.70. The van der Waals surface area contributed by atoms with Crippen LogP contribution in [-0.4, -0.2) is 50.2 Å². The van der Waals surface area contributed by atoms with Gasteiger partial charge >= 0.3 is 6.09 Å². The second kappa shape index (κ2) is 10.8. The molecule has 0 spiro atoms. The van der Waals surface area contributed by atoms with Gasteiger partial charge in [-0.25, -0.2) is 13.7 Å². The zero-order valence-corrected chi connectivity index (χ0v) is 22.8. The van der Waals surface area contributed by atoms with Gasteiger partial charge in [0, 0.05) is 13.1 Å². The van der Waals surface area contributed by atoms with Gasteiger partial charge in [0.2, 0.25) is 0 Å². The fraction of sp³-hybridized carbons (Fsp3) is 0.536. The van der Waals surface area contributed by atoms with Crippen molar-refractivity contribution in [1.29, 1.82) is 0 Å². The summed E-state index contributed by atoms with van der Waals surface area (Å²) in [7, 11) is -1.34. The van der Waals surface area contributed by atoms with Crippen molar-refractivity contribution in [2.75, 3.05) is 13.1 Å². The standard InChI is InChI=1S/C28H41N3O3S/c1-26(2,3)34-25(32)31-17-11-16-28(20-29,30-35(33)27(4,5)6)24(31)19-21-12-10-15-23(18-21)22-13-8-7-9-14-22/h7-10,12-15,18,24,30H,11,16-17,19-20,29H2,1-6H3/t24?,28?,35-/m1/s1. The Hall–Kier alpha value is -2.22. The van der Waals surface area contributed by atoms with E-state index >= 15 is 0 Å². The molecular formula is C28H41N3O3S. The number of piperidine rings is 1. The molecule has 2 unspecified atom stereocenters. The van der Waals surface area contributed by atoms with Crippen LogP contribution in [-0.2, 0) is 22.1 Å². The summed E-state index contributed by atoms with van der Waals surface area (Å²) in [5, 5.41) is 0. The van der Waals surface area contributed by atoms with Gasteiger partial charge in [-0.05, 0) is 77.5 Å². The first-order valence-electron chi connectivity index (χ1n) is 12.4. The molecule has 7 heteroatoms. The number of carbonyl (C=O) groups excluding carboxylic acids is 1. The van der Waals surface area contributed by atoms with Crippen molar-refractivity contribution < 1.29 is 13.7 Å². The van der Waals surface area contributed by atoms with Crippen LogP contribution in [0, 0.1) is 0 Å². The Kier molecular flexibility index (Phi) is 8.45. The molecule has 1 fully saturated rings. The Morgan fingerprint density at radius 3 is 2.34 bits per heavy atom. The maximum Gasteiger partial charge on any atom is 0.410 e. The number of ether oxygens (including phenoxy) is 1. The summed E-state index contributed by atoms with van der Waals surface area (Å²) in [6.45, 7) is 12.3. The zero-order valence-electron chi connectivity index (χ0n) is 22.0. The lowest BCUT2D eigenvalue weighted by Gasteiger charge is -2.50. The van der Waals surface area contributed by atoms with Crippen molar-refractivity contribution in [3.8, 4) is 11.1 Å². The number of benzene rings is 2. The highest BCUT2D eigenvalue weighted by molar-refractivity contribution is 7.84. The maximum absolute atomic E-state index is 13.3. The summed E-state index contributed by atoms with van der Waals surface area (Å²) in [5.74, 6) is 0. The molecule has 3 rings (SSSR count). The number of nitrogens with one attached hydrogen (secondary N) is 1. The first-order chi connectivity index (χ1) is 16.3. The minimum absolute atomic E-state index is 0.261. The largest absolute Gasteiger partial charge is 0.444 e. The molecule has 1 aliphatic heterocycles. The molecule has 3 atom stereocenters. The van der Waals surface area contributed by atoms with E-state index in [0.29, 0.717) is 13.0 Å². The molecular weight excluding hydrogens is 458 g/mol. The summed E-state index contributed by atoms with van der Waals surface area (Å²) in [5.41, 5.74) is 8.45. The van der Waals surface area contributed by atoms with Gasteiger partial charge < -0.3 is 15.4 Å². The number of rotatable bonds is 6. The monoisotopic (exact) mass is 499 g/mol. The van der Waals surface area contributed by atoms with Gasteiger partial charge in [-0.15, -0.1) is 0 Å². The van der Waals surface area contributed by atoms with Crippen molar-refractivity contribution in [2.45, 2.75) is 82.7 Å². The highest BCUT2D eigenvalue weighted by atomic mass is 32.2. The van der Waals surface area contributed by atoms with Crippen molar-refractivity contribution in [2.24, 2.45) is 5.73 Å². The normalized spacial score (nSPS) is 22.0. The number of hydrogen-bond acceptors (Lipinski definition) is 4. The predicted molar refractivity (Wildman–Crippen MR) is 144 cm³/mol. The van der Waals surface area contributed by atoms with Gasteiger partial charge in [0.05, 0.1) is 27.3 Å². The quantitative estimate of drug-likeness (QED) is 0.583. The number of nitrogens with zero attached hydrogens (tertiary/aromatic N) is 1. The van der Waals surface area contributed by atoms with Gasteiger partial charge in [-0.2, -0.15) is 0 Å². The summed E-state index contributed by atoms with van der Waals surface area (Å²) in [6.07, 6.45) is 1.70. The van der Waals surface area contributed by atoms with E-state index in [4.69, 9.17) is 10.5 Å². The molecule has 2 aromatic carbocycles. The van der Waals surface area contributed by atoms with Crippen molar-refractivity contribution in [3.05, 3.63) is 60.2 Å². The van der Waals surface area contributed by atoms with E-state index in [2.05, 4.69) is 35.1 Å². The third kappa shape index (κ3) is 6.93. The van der Waals surface area contributed by atoms with Crippen LogP contribution in [0.5, 0.6) is 0 Å². The molecule has 0 aromatic heterocycles. The molecule has 3 N–H and O–H groups in total. The third-order valence-corrected chi connectivity index (χ3v) is 8.05. The molecule has 6 nitrogen and oxygen atoms in total. The molecule has 35 heavy (non-hydrogen) atoms. The Balaban J connectivity index is 2.01. The molecule has 0 bridgehead atoms. The van der Waals surface area contributed by atoms with Gasteiger partial charge in [-0.1, -0.05) is 54.6 Å². The molecule has 1 heterocycles. The van der Waals surface area contributed by atoms with Crippen molar-refractivity contribution in [3.63, 3.8) is 0 Å². The van der Waals surface area contributed by atoms with E-state index in [1.807, 2.05) is 65.8 Å². The minimum Gasteiger partial charge on any atom is -0.444 e. The fourth-order valence-electron chi connectivity index (χ4n) is 4.50. The average molecular weight is 500 g/mol. The fourth-order valence-corrected chi connectivity index (χ4v) is 5.50. The molecule has 0 radical (unpaired) electrons. The van der Waals surface area contributed by atoms with Crippen molar-refractivity contribution in [1.82, 2.24) is 9.62 Å². The Bertz CT molecular complexity index is 1030. The van der Waals surface area contributed by atoms with Gasteiger partial charge in [-0.3, -0.25) is 0 Å². The lowest BCUT2D eigenvalue weighted by atomic mass is 9.78. The van der Waals surface area contributed by atoms with Crippen LogP contribution in [0.4, 0.5) is 4.79 Å². The zero-order chi connectivity index (χ0) is 25.9. The number of likely N-dealkylation sites (tertiary alicyclic amines) is 1. The van der Waals surface area contributed by atoms with Crippen LogP contribution in [0.1, 0.15) is 59.9 Å². The Labute approximate surface area is 213 Å². The van der Waals surface area contributed by atoms with Crippen LogP contribution in [0.15, 0.2) is 54.6 Å². The highest BCUT2D eigenvalue weighted by Gasteiger charge is 2.48. The first-order valence-corrected chi connectivity index (χ1v) is 13.5. The van der Waals surface area contributed by atoms with Gasteiger partial charge in [0.15, 0.2) is 0 Å². The van der Waals surface area contributed by atoms with Crippen LogP contribution in [0.25, 0.3) is 11.1 Å². The van der Waals surface area contributed by atoms with Gasteiger partial charge in [0.25, 0.3) is 0 Å². The van der Waals surface area contributed by atoms with E-state index in [0.717, 1.165) is 29.5 Å². The van der Waals surface area contributed by atoms with E-state index in [-0.39, 0.29) is 18.7 Å². The van der Waals surface area contributed by atoms with Crippen molar-refractivity contribution >= 4 is 17.1 Å². The summed E-state index contributed by atoms with van der Waals surface area (Å²) in [4.78, 5) is 15.1. The number of amides is 1. The van der Waals surface area contributed by atoms with Crippen LogP contribution >= 0.6 is 0 Å². The molecule has 1 aliphatic rings. The summed E-state index contributed by atoms with van der Waals surface area (Å²) >= 11 is 0. The lowest BCUT2D eigenvalue weighted by molar-refractivity contribution is -0.00613. The molecule has 192 valence electrons. The van der Waals surface area contributed by atoms with E-state index in [1.165, 1.54) is 0 Å². The van der Waals surface area contributed by atoms with Crippen LogP contribution < -0.4 is 10.5 Å². The Morgan fingerprint density at radius 2 is 1.74 bits per heavy atom. The summed E-state index contributed by atoms with van der Waals surface area (Å²) < 4.78 is 22.0. The van der Waals surface area contributed by atoms with E-state index in [1.54, 1.807) is 4.90 Å². The number of hydrogen-bond donors (Lipinski definition) is 2. The number of carbonyl (C=O) groups is 1. The SMILES string of the molecule is CC(C)(C)OC(=O)N1CCCC(CN)(N[S@](=O)C(C)(C)C)C1Cc1cccc(-c2ccccc2)c1. The first kappa shape index (κ1) is 27.4. The molecule has 0 saturated carbocycles. The minimum atomic E-state index is -1.34. The number of nitrogens with two attached hydrogens (primary N) is 1. The van der Waals surface area contributed by atoms with E-state index in [9.17, 15) is 9.00 Å². The third-order valence-electron chi connectivity index (χ3n) is 6.34. The average Bonchev–Trinajstić information content (AvgIpc) is 2.79.